The van der Waals surface area contributed by atoms with Gasteiger partial charge in [0.2, 0.25) is 0 Å². The number of hydrogen-bond donors (Lipinski definition) is 1. The van der Waals surface area contributed by atoms with Crippen LogP contribution in [0.1, 0.15) is 18.4 Å². The van der Waals surface area contributed by atoms with Gasteiger partial charge in [0.25, 0.3) is 11.8 Å². The Morgan fingerprint density at radius 1 is 0.939 bits per heavy atom. The van der Waals surface area contributed by atoms with Crippen molar-refractivity contribution in [3.63, 3.8) is 0 Å². The summed E-state index contributed by atoms with van der Waals surface area (Å²) in [6, 6.07) is 12.1. The fraction of sp³-hybridized carbons (Fsp3) is 0.360. The molecule has 0 aliphatic carbocycles. The molecule has 0 spiro atoms. The molecule has 1 unspecified atom stereocenters. The molecule has 0 radical (unpaired) electrons. The van der Waals surface area contributed by atoms with Crippen molar-refractivity contribution >= 4 is 23.1 Å². The first-order valence-electron chi connectivity index (χ1n) is 10.9. The summed E-state index contributed by atoms with van der Waals surface area (Å²) >= 11 is 0. The quantitative estimate of drug-likeness (QED) is 0.646. The molecule has 2 aliphatic heterocycles. The van der Waals surface area contributed by atoms with E-state index in [0.717, 1.165) is 12.8 Å². The highest BCUT2D eigenvalue weighted by Crippen LogP contribution is 2.41. The molecule has 2 heterocycles. The molecular weight excluding hydrogens is 424 g/mol. The van der Waals surface area contributed by atoms with E-state index in [1.54, 1.807) is 30.3 Å². The van der Waals surface area contributed by atoms with Crippen LogP contribution >= 0.6 is 0 Å². The van der Waals surface area contributed by atoms with E-state index in [4.69, 9.17) is 14.2 Å². The van der Waals surface area contributed by atoms with Gasteiger partial charge >= 0.3 is 0 Å². The van der Waals surface area contributed by atoms with E-state index in [1.165, 1.54) is 26.2 Å². The average Bonchev–Trinajstić information content (AvgIpc) is 3.13. The van der Waals surface area contributed by atoms with Gasteiger partial charge in [0.15, 0.2) is 11.5 Å². The Bertz CT molecular complexity index is 1100. The number of para-hydroxylation sites is 1. The van der Waals surface area contributed by atoms with E-state index >= 15 is 0 Å². The molecule has 2 aliphatic rings. The third kappa shape index (κ3) is 4.02. The summed E-state index contributed by atoms with van der Waals surface area (Å²) in [6.45, 7) is 1.17. The third-order valence-electron chi connectivity index (χ3n) is 6.15. The van der Waals surface area contributed by atoms with Crippen molar-refractivity contribution in [1.29, 1.82) is 0 Å². The summed E-state index contributed by atoms with van der Waals surface area (Å²) in [6.07, 6.45) is 1.71. The summed E-state index contributed by atoms with van der Waals surface area (Å²) in [5.41, 5.74) is 1.58. The SMILES string of the molecule is COc1ccc(N2C(=O)C(c3ccccc3OC)=C(N3CCCC(CO)C3)C2=O)cc1OC. The summed E-state index contributed by atoms with van der Waals surface area (Å²) in [7, 11) is 4.56. The van der Waals surface area contributed by atoms with Gasteiger partial charge in [-0.1, -0.05) is 18.2 Å². The van der Waals surface area contributed by atoms with Gasteiger partial charge in [0.1, 0.15) is 11.4 Å². The monoisotopic (exact) mass is 452 g/mol. The highest BCUT2D eigenvalue weighted by Gasteiger charge is 2.44. The molecule has 33 heavy (non-hydrogen) atoms. The molecule has 0 aromatic heterocycles. The van der Waals surface area contributed by atoms with Crippen molar-refractivity contribution in [3.05, 3.63) is 53.7 Å². The Labute approximate surface area is 193 Å². The first-order chi connectivity index (χ1) is 16.0. The minimum absolute atomic E-state index is 0.0370. The number of carbonyl (C=O) groups is 2. The lowest BCUT2D eigenvalue weighted by Gasteiger charge is -2.34. The molecular formula is C25H28N2O6. The summed E-state index contributed by atoms with van der Waals surface area (Å²) in [5, 5.41) is 9.72. The maximum atomic E-state index is 13.8. The van der Waals surface area contributed by atoms with Crippen LogP contribution in [0.4, 0.5) is 5.69 Å². The number of benzene rings is 2. The van der Waals surface area contributed by atoms with E-state index in [9.17, 15) is 14.7 Å². The normalized spacial score (nSPS) is 18.7. The maximum Gasteiger partial charge on any atom is 0.282 e. The van der Waals surface area contributed by atoms with Crippen LogP contribution in [0.3, 0.4) is 0 Å². The van der Waals surface area contributed by atoms with Crippen LogP contribution in [0, 0.1) is 5.92 Å². The Hall–Kier alpha value is -3.52. The van der Waals surface area contributed by atoms with Gasteiger partial charge in [-0.15, -0.1) is 0 Å². The number of hydrogen-bond acceptors (Lipinski definition) is 7. The Kier molecular flexibility index (Phi) is 6.55. The fourth-order valence-electron chi connectivity index (χ4n) is 4.52. The van der Waals surface area contributed by atoms with Gasteiger partial charge in [-0.3, -0.25) is 9.59 Å². The molecule has 0 saturated carbocycles. The number of nitrogens with zero attached hydrogens (tertiary/aromatic N) is 2. The molecule has 8 heteroatoms. The minimum atomic E-state index is -0.433. The molecule has 1 fully saturated rings. The van der Waals surface area contributed by atoms with E-state index < -0.39 is 11.8 Å². The van der Waals surface area contributed by atoms with Crippen molar-refractivity contribution in [3.8, 4) is 17.2 Å². The van der Waals surface area contributed by atoms with Crippen LogP contribution in [0.25, 0.3) is 5.57 Å². The second-order valence-corrected chi connectivity index (χ2v) is 8.05. The number of rotatable bonds is 7. The van der Waals surface area contributed by atoms with Crippen molar-refractivity contribution in [2.45, 2.75) is 12.8 Å². The smallest absolute Gasteiger partial charge is 0.282 e. The highest BCUT2D eigenvalue weighted by atomic mass is 16.5. The summed E-state index contributed by atoms with van der Waals surface area (Å²) < 4.78 is 16.2. The second kappa shape index (κ2) is 9.54. The highest BCUT2D eigenvalue weighted by molar-refractivity contribution is 6.45. The molecule has 4 rings (SSSR count). The molecule has 2 aromatic carbocycles. The molecule has 1 N–H and O–H groups in total. The van der Waals surface area contributed by atoms with Crippen LogP contribution in [0.2, 0.25) is 0 Å². The summed E-state index contributed by atoms with van der Waals surface area (Å²) in [4.78, 5) is 30.7. The molecule has 1 saturated heterocycles. The van der Waals surface area contributed by atoms with Gasteiger partial charge in [-0.25, -0.2) is 4.90 Å². The number of imide groups is 1. The van der Waals surface area contributed by atoms with Crippen molar-refractivity contribution < 1.29 is 28.9 Å². The van der Waals surface area contributed by atoms with E-state index in [2.05, 4.69) is 0 Å². The predicted octanol–water partition coefficient (Wildman–Crippen LogP) is 2.70. The van der Waals surface area contributed by atoms with Crippen molar-refractivity contribution in [1.82, 2.24) is 4.90 Å². The fourth-order valence-corrected chi connectivity index (χ4v) is 4.52. The lowest BCUT2D eigenvalue weighted by Crippen LogP contribution is -2.40. The van der Waals surface area contributed by atoms with Gasteiger partial charge in [-0.05, 0) is 37.0 Å². The van der Waals surface area contributed by atoms with Crippen molar-refractivity contribution in [2.24, 2.45) is 5.92 Å². The van der Waals surface area contributed by atoms with Crippen LogP contribution in [-0.2, 0) is 9.59 Å². The second-order valence-electron chi connectivity index (χ2n) is 8.05. The van der Waals surface area contributed by atoms with Crippen molar-refractivity contribution in [2.75, 3.05) is 45.9 Å². The molecule has 8 nitrogen and oxygen atoms in total. The zero-order valence-corrected chi connectivity index (χ0v) is 19.0. The van der Waals surface area contributed by atoms with Crippen LogP contribution in [0.5, 0.6) is 17.2 Å². The maximum absolute atomic E-state index is 13.8. The standard InChI is InChI=1S/C25H28N2O6/c1-31-19-9-5-4-8-18(19)22-23(26-12-6-7-16(14-26)15-28)25(30)27(24(22)29)17-10-11-20(32-2)21(13-17)33-3/h4-5,8-11,13,16,28H,6-7,12,14-15H2,1-3H3. The van der Waals surface area contributed by atoms with Gasteiger partial charge in [0.05, 0.1) is 32.6 Å². The van der Waals surface area contributed by atoms with Gasteiger partial charge < -0.3 is 24.2 Å². The minimum Gasteiger partial charge on any atom is -0.496 e. The van der Waals surface area contributed by atoms with Gasteiger partial charge in [-0.2, -0.15) is 0 Å². The third-order valence-corrected chi connectivity index (χ3v) is 6.15. The zero-order valence-electron chi connectivity index (χ0n) is 19.0. The van der Waals surface area contributed by atoms with Crippen LogP contribution in [-0.4, -0.2) is 62.8 Å². The topological polar surface area (TPSA) is 88.5 Å². The van der Waals surface area contributed by atoms with Crippen LogP contribution in [0.15, 0.2) is 48.2 Å². The molecule has 174 valence electrons. The number of anilines is 1. The number of aliphatic hydroxyl groups is 1. The zero-order chi connectivity index (χ0) is 23.5. The Morgan fingerprint density at radius 2 is 1.67 bits per heavy atom. The lowest BCUT2D eigenvalue weighted by atomic mass is 9.96. The first kappa shape index (κ1) is 22.7. The average molecular weight is 453 g/mol. The predicted molar refractivity (Wildman–Crippen MR) is 123 cm³/mol. The number of aliphatic hydroxyl groups excluding tert-OH is 1. The largest absolute Gasteiger partial charge is 0.496 e. The number of likely N-dealkylation sites (tertiary alicyclic amines) is 1. The molecule has 1 atom stereocenters. The van der Waals surface area contributed by atoms with E-state index in [1.807, 2.05) is 17.0 Å². The summed E-state index contributed by atoms with van der Waals surface area (Å²) in [5.74, 6) is 0.630. The number of ether oxygens (including phenoxy) is 3. The number of carbonyl (C=O) groups excluding carboxylic acids is 2. The Balaban J connectivity index is 1.84. The van der Waals surface area contributed by atoms with E-state index in [0.29, 0.717) is 52.9 Å². The number of piperidine rings is 1. The molecule has 0 bridgehead atoms. The van der Waals surface area contributed by atoms with Gasteiger partial charge in [0, 0.05) is 31.3 Å². The molecule has 2 amide bonds. The number of methoxy groups -OCH3 is 3. The number of amides is 2. The molecule has 2 aromatic rings. The first-order valence-corrected chi connectivity index (χ1v) is 10.9. The van der Waals surface area contributed by atoms with Crippen LogP contribution < -0.4 is 19.1 Å². The van der Waals surface area contributed by atoms with E-state index in [-0.39, 0.29) is 12.5 Å². The Morgan fingerprint density at radius 3 is 2.36 bits per heavy atom. The lowest BCUT2D eigenvalue weighted by molar-refractivity contribution is -0.120.